The van der Waals surface area contributed by atoms with Crippen LogP contribution in [-0.4, -0.2) is 43.0 Å². The highest BCUT2D eigenvalue weighted by molar-refractivity contribution is 5.98. The van der Waals surface area contributed by atoms with Crippen molar-refractivity contribution in [1.29, 1.82) is 0 Å². The van der Waals surface area contributed by atoms with Crippen LogP contribution in [0.5, 0.6) is 0 Å². The van der Waals surface area contributed by atoms with Crippen LogP contribution in [0.3, 0.4) is 0 Å². The average Bonchev–Trinajstić information content (AvgIpc) is 3.44. The molecule has 158 valence electrons. The Morgan fingerprint density at radius 3 is 2.59 bits per heavy atom. The molecular formula is C21H25F3N2O3. The number of amides is 2. The minimum Gasteiger partial charge on any atom is -0.381 e. The molecule has 8 heteroatoms. The first-order valence-electron chi connectivity index (χ1n) is 10.1. The first-order valence-corrected chi connectivity index (χ1v) is 10.1. The molecule has 2 aliphatic heterocycles. The molecule has 1 aromatic carbocycles. The predicted octanol–water partition coefficient (Wildman–Crippen LogP) is 3.62. The second kappa shape index (κ2) is 7.31. The van der Waals surface area contributed by atoms with Gasteiger partial charge in [-0.05, 0) is 62.3 Å². The zero-order valence-corrected chi connectivity index (χ0v) is 16.3. The van der Waals surface area contributed by atoms with Crippen molar-refractivity contribution in [2.45, 2.75) is 38.8 Å². The van der Waals surface area contributed by atoms with Crippen molar-refractivity contribution in [1.82, 2.24) is 4.90 Å². The van der Waals surface area contributed by atoms with Gasteiger partial charge in [-0.2, -0.15) is 13.2 Å². The summed E-state index contributed by atoms with van der Waals surface area (Å²) in [5, 5.41) is 2.82. The standard InChI is InChI=1S/C21H25F3N2O3/c1-13-10-15(21(22,23)24)2-3-17(13)25-19(28)20-6-7-26(12-16(20)11-20)18(27)14-4-8-29-9-5-14/h2-3,10,14,16H,4-9,11-12H2,1H3,(H,25,28)/t16-,20+/m1/s1. The molecular weight excluding hydrogens is 385 g/mol. The number of carbonyl (C=O) groups is 2. The fourth-order valence-electron chi connectivity index (χ4n) is 4.64. The van der Waals surface area contributed by atoms with Crippen LogP contribution in [0, 0.1) is 24.2 Å². The van der Waals surface area contributed by atoms with Crippen molar-refractivity contribution in [2.24, 2.45) is 17.3 Å². The third kappa shape index (κ3) is 3.86. The quantitative estimate of drug-likeness (QED) is 0.828. The number of fused-ring (bicyclic) bond motifs is 1. The number of halogens is 3. The summed E-state index contributed by atoms with van der Waals surface area (Å²) in [6, 6.07) is 3.35. The van der Waals surface area contributed by atoms with Crippen LogP contribution in [0.1, 0.15) is 36.8 Å². The molecule has 0 radical (unpaired) electrons. The smallest absolute Gasteiger partial charge is 0.381 e. The highest BCUT2D eigenvalue weighted by Crippen LogP contribution is 2.58. The lowest BCUT2D eigenvalue weighted by atomic mass is 9.91. The van der Waals surface area contributed by atoms with Gasteiger partial charge in [0, 0.05) is 37.9 Å². The first kappa shape index (κ1) is 20.2. The van der Waals surface area contributed by atoms with E-state index < -0.39 is 17.2 Å². The van der Waals surface area contributed by atoms with E-state index in [1.165, 1.54) is 6.07 Å². The summed E-state index contributed by atoms with van der Waals surface area (Å²) < 4.78 is 43.8. The van der Waals surface area contributed by atoms with E-state index in [0.717, 1.165) is 31.4 Å². The summed E-state index contributed by atoms with van der Waals surface area (Å²) >= 11 is 0. The molecule has 0 spiro atoms. The van der Waals surface area contributed by atoms with Crippen LogP contribution < -0.4 is 5.32 Å². The van der Waals surface area contributed by atoms with Crippen molar-refractivity contribution in [2.75, 3.05) is 31.6 Å². The van der Waals surface area contributed by atoms with Gasteiger partial charge in [-0.15, -0.1) is 0 Å². The Morgan fingerprint density at radius 2 is 1.97 bits per heavy atom. The summed E-state index contributed by atoms with van der Waals surface area (Å²) in [6.07, 6.45) is -1.59. The Balaban J connectivity index is 1.37. The van der Waals surface area contributed by atoms with Crippen molar-refractivity contribution in [3.63, 3.8) is 0 Å². The number of hydrogen-bond donors (Lipinski definition) is 1. The summed E-state index contributed by atoms with van der Waals surface area (Å²) in [6.45, 7) is 3.92. The number of rotatable bonds is 3. The predicted molar refractivity (Wildman–Crippen MR) is 100 cm³/mol. The van der Waals surface area contributed by atoms with E-state index in [1.807, 2.05) is 4.90 Å². The van der Waals surface area contributed by atoms with Crippen LogP contribution in [0.4, 0.5) is 18.9 Å². The average molecular weight is 410 g/mol. The Morgan fingerprint density at radius 1 is 1.24 bits per heavy atom. The van der Waals surface area contributed by atoms with Crippen molar-refractivity contribution in [3.8, 4) is 0 Å². The molecule has 1 aromatic rings. The number of piperidine rings is 1. The molecule has 0 unspecified atom stereocenters. The number of nitrogens with zero attached hydrogens (tertiary/aromatic N) is 1. The molecule has 0 bridgehead atoms. The van der Waals surface area contributed by atoms with Gasteiger partial charge in [0.2, 0.25) is 11.8 Å². The van der Waals surface area contributed by atoms with Gasteiger partial charge in [-0.3, -0.25) is 9.59 Å². The van der Waals surface area contributed by atoms with Gasteiger partial charge in [-0.25, -0.2) is 0 Å². The third-order valence-corrected chi connectivity index (χ3v) is 6.64. The molecule has 3 fully saturated rings. The molecule has 1 N–H and O–H groups in total. The van der Waals surface area contributed by atoms with Crippen LogP contribution in [-0.2, 0) is 20.5 Å². The van der Waals surface area contributed by atoms with E-state index in [1.54, 1.807) is 6.92 Å². The molecule has 0 aromatic heterocycles. The van der Waals surface area contributed by atoms with Gasteiger partial charge < -0.3 is 15.0 Å². The number of aryl methyl sites for hydroxylation is 1. The minimum atomic E-state index is -4.41. The fourth-order valence-corrected chi connectivity index (χ4v) is 4.64. The Bertz CT molecular complexity index is 820. The zero-order valence-electron chi connectivity index (χ0n) is 16.3. The molecule has 2 heterocycles. The van der Waals surface area contributed by atoms with Crippen molar-refractivity contribution < 1.29 is 27.5 Å². The summed E-state index contributed by atoms with van der Waals surface area (Å²) in [7, 11) is 0. The number of hydrogen-bond acceptors (Lipinski definition) is 3. The van der Waals surface area contributed by atoms with E-state index in [9.17, 15) is 22.8 Å². The molecule has 5 nitrogen and oxygen atoms in total. The number of likely N-dealkylation sites (tertiary alicyclic amines) is 1. The molecule has 2 saturated heterocycles. The van der Waals surface area contributed by atoms with E-state index in [-0.39, 0.29) is 23.7 Å². The lowest BCUT2D eigenvalue weighted by molar-refractivity contribution is -0.141. The summed E-state index contributed by atoms with van der Waals surface area (Å²) in [5.74, 6) is 0.143. The van der Waals surface area contributed by atoms with Gasteiger partial charge in [0.15, 0.2) is 0 Å². The van der Waals surface area contributed by atoms with E-state index >= 15 is 0 Å². The molecule has 3 aliphatic rings. The highest BCUT2D eigenvalue weighted by Gasteiger charge is 2.62. The Labute approximate surface area is 167 Å². The zero-order chi connectivity index (χ0) is 20.8. The molecule has 2 amide bonds. The number of benzene rings is 1. The lowest BCUT2D eigenvalue weighted by Crippen LogP contribution is -2.45. The van der Waals surface area contributed by atoms with Gasteiger partial charge in [0.1, 0.15) is 0 Å². The normalized spacial score (nSPS) is 27.3. The first-order chi connectivity index (χ1) is 13.7. The lowest BCUT2D eigenvalue weighted by Gasteiger charge is -2.34. The number of anilines is 1. The van der Waals surface area contributed by atoms with E-state index in [0.29, 0.717) is 44.0 Å². The minimum absolute atomic E-state index is 0.0126. The third-order valence-electron chi connectivity index (χ3n) is 6.64. The maximum atomic E-state index is 12.9. The molecule has 2 atom stereocenters. The van der Waals surface area contributed by atoms with Crippen molar-refractivity contribution in [3.05, 3.63) is 29.3 Å². The van der Waals surface area contributed by atoms with Gasteiger partial charge in [0.05, 0.1) is 11.0 Å². The molecule has 1 saturated carbocycles. The highest BCUT2D eigenvalue weighted by atomic mass is 19.4. The Kier molecular flexibility index (Phi) is 5.09. The monoisotopic (exact) mass is 410 g/mol. The maximum Gasteiger partial charge on any atom is 0.416 e. The number of nitrogens with one attached hydrogen (secondary N) is 1. The maximum absolute atomic E-state index is 12.9. The topological polar surface area (TPSA) is 58.6 Å². The number of carbonyl (C=O) groups excluding carboxylic acids is 2. The second-order valence-corrected chi connectivity index (χ2v) is 8.46. The van der Waals surface area contributed by atoms with Crippen LogP contribution in [0.15, 0.2) is 18.2 Å². The van der Waals surface area contributed by atoms with E-state index in [2.05, 4.69) is 5.32 Å². The number of alkyl halides is 3. The number of ether oxygens (including phenoxy) is 1. The largest absolute Gasteiger partial charge is 0.416 e. The summed E-state index contributed by atoms with van der Waals surface area (Å²) in [5.41, 5.74) is -0.435. The van der Waals surface area contributed by atoms with E-state index in [4.69, 9.17) is 4.74 Å². The van der Waals surface area contributed by atoms with Crippen LogP contribution in [0.25, 0.3) is 0 Å². The van der Waals surface area contributed by atoms with Gasteiger partial charge in [0.25, 0.3) is 0 Å². The van der Waals surface area contributed by atoms with Gasteiger partial charge in [-0.1, -0.05) is 0 Å². The second-order valence-electron chi connectivity index (χ2n) is 8.46. The molecule has 4 rings (SSSR count). The molecule has 29 heavy (non-hydrogen) atoms. The fraction of sp³-hybridized carbons (Fsp3) is 0.619. The van der Waals surface area contributed by atoms with Crippen LogP contribution >= 0.6 is 0 Å². The van der Waals surface area contributed by atoms with Crippen molar-refractivity contribution >= 4 is 17.5 Å². The molecule has 1 aliphatic carbocycles. The summed E-state index contributed by atoms with van der Waals surface area (Å²) in [4.78, 5) is 27.5. The van der Waals surface area contributed by atoms with Gasteiger partial charge >= 0.3 is 6.18 Å². The SMILES string of the molecule is Cc1cc(C(F)(F)F)ccc1NC(=O)[C@]12CCN(C(=O)C3CCOCC3)C[C@H]1C2. The van der Waals surface area contributed by atoms with Crippen LogP contribution in [0.2, 0.25) is 0 Å². The Hall–Kier alpha value is -2.09.